The number of methoxy groups -OCH3 is 2. The number of thiazole rings is 1. The number of amides is 2. The van der Waals surface area contributed by atoms with Gasteiger partial charge in [-0.25, -0.2) is 9.78 Å². The highest BCUT2D eigenvalue weighted by Gasteiger charge is 2.18. The van der Waals surface area contributed by atoms with Gasteiger partial charge in [0.05, 0.1) is 32.7 Å². The molecule has 0 aliphatic heterocycles. The van der Waals surface area contributed by atoms with E-state index < -0.39 is 0 Å². The van der Waals surface area contributed by atoms with Crippen LogP contribution in [0.1, 0.15) is 17.0 Å². The lowest BCUT2D eigenvalue weighted by Gasteiger charge is -2.22. The molecule has 3 heterocycles. The van der Waals surface area contributed by atoms with E-state index in [2.05, 4.69) is 15.1 Å². The predicted octanol–water partition coefficient (Wildman–Crippen LogP) is 6.26. The molecular weight excluding hydrogens is 488 g/mol. The monoisotopic (exact) mass is 516 g/mol. The molecule has 0 unspecified atom stereocenters. The molecule has 0 radical (unpaired) electrons. The summed E-state index contributed by atoms with van der Waals surface area (Å²) in [7, 11) is 3.28. The number of aryl methyl sites for hydroxylation is 1. The van der Waals surface area contributed by atoms with Crippen molar-refractivity contribution in [3.8, 4) is 22.8 Å². The maximum Gasteiger partial charge on any atom is 0.322 e. The molecule has 0 atom stereocenters. The molecule has 8 nitrogen and oxygen atoms in total. The second kappa shape index (κ2) is 10.8. The number of fused-ring (bicyclic) bond motifs is 1. The zero-order chi connectivity index (χ0) is 25.8. The molecule has 3 aromatic heterocycles. The Morgan fingerprint density at radius 3 is 2.70 bits per heavy atom. The molecule has 190 valence electrons. The summed E-state index contributed by atoms with van der Waals surface area (Å²) in [5.41, 5.74) is 4.62. The Bertz CT molecular complexity index is 1490. The number of carbonyl (C=O) groups excluding carboxylic acids is 1. The molecule has 0 aliphatic carbocycles. The van der Waals surface area contributed by atoms with Crippen LogP contribution in [0.4, 0.5) is 10.5 Å². The van der Waals surface area contributed by atoms with Gasteiger partial charge in [-0.05, 0) is 49.4 Å². The number of furan rings is 1. The first-order valence-corrected chi connectivity index (χ1v) is 12.7. The Morgan fingerprint density at radius 2 is 1.97 bits per heavy atom. The third kappa shape index (κ3) is 5.46. The maximum absolute atomic E-state index is 13.2. The molecule has 0 bridgehead atoms. The Kier molecular flexibility index (Phi) is 7.14. The zero-order valence-corrected chi connectivity index (χ0v) is 21.7. The molecule has 37 heavy (non-hydrogen) atoms. The summed E-state index contributed by atoms with van der Waals surface area (Å²) in [6.45, 7) is 2.89. The fraction of sp³-hybridized carbons (Fsp3) is 0.214. The minimum Gasteiger partial charge on any atom is -0.497 e. The fourth-order valence-corrected chi connectivity index (χ4v) is 4.99. The SMILES string of the molecule is COc1ccc(OC)c(-c2cn3c(CCN(Cc4ccco4)C(=O)Nc4ccc(C)cc4)csc3n2)c1. The third-order valence-corrected chi connectivity index (χ3v) is 7.01. The van der Waals surface area contributed by atoms with E-state index in [9.17, 15) is 4.79 Å². The first-order valence-electron chi connectivity index (χ1n) is 11.9. The first kappa shape index (κ1) is 24.5. The van der Waals surface area contributed by atoms with Crippen LogP contribution in [-0.2, 0) is 13.0 Å². The highest BCUT2D eigenvalue weighted by atomic mass is 32.1. The van der Waals surface area contributed by atoms with Crippen molar-refractivity contribution in [3.05, 3.63) is 89.5 Å². The number of imidazole rings is 1. The molecule has 0 saturated heterocycles. The van der Waals surface area contributed by atoms with Crippen LogP contribution in [0, 0.1) is 6.92 Å². The number of nitrogens with one attached hydrogen (secondary N) is 1. The van der Waals surface area contributed by atoms with Crippen molar-refractivity contribution in [1.82, 2.24) is 14.3 Å². The van der Waals surface area contributed by atoms with Crippen LogP contribution >= 0.6 is 11.3 Å². The summed E-state index contributed by atoms with van der Waals surface area (Å²) in [5.74, 6) is 2.19. The molecule has 2 amide bonds. The van der Waals surface area contributed by atoms with Gasteiger partial charge in [-0.3, -0.25) is 4.40 Å². The molecule has 0 aliphatic rings. The molecule has 0 spiro atoms. The van der Waals surface area contributed by atoms with Gasteiger partial charge in [0.2, 0.25) is 0 Å². The summed E-state index contributed by atoms with van der Waals surface area (Å²) in [6, 6.07) is 16.9. The maximum atomic E-state index is 13.2. The number of hydrogen-bond acceptors (Lipinski definition) is 6. The van der Waals surface area contributed by atoms with Crippen LogP contribution in [0.15, 0.2) is 76.9 Å². The van der Waals surface area contributed by atoms with E-state index in [1.165, 1.54) is 0 Å². The Labute approximate surface area is 219 Å². The predicted molar refractivity (Wildman–Crippen MR) is 145 cm³/mol. The van der Waals surface area contributed by atoms with Gasteiger partial charge in [0, 0.05) is 41.5 Å². The van der Waals surface area contributed by atoms with E-state index in [0.717, 1.165) is 50.4 Å². The van der Waals surface area contributed by atoms with Gasteiger partial charge in [-0.1, -0.05) is 17.7 Å². The number of nitrogens with zero attached hydrogens (tertiary/aromatic N) is 3. The number of anilines is 1. The van der Waals surface area contributed by atoms with E-state index >= 15 is 0 Å². The van der Waals surface area contributed by atoms with Crippen LogP contribution in [0.25, 0.3) is 16.2 Å². The lowest BCUT2D eigenvalue weighted by Crippen LogP contribution is -2.36. The summed E-state index contributed by atoms with van der Waals surface area (Å²) in [5, 5.41) is 5.08. The van der Waals surface area contributed by atoms with Gasteiger partial charge in [0.1, 0.15) is 17.3 Å². The van der Waals surface area contributed by atoms with Crippen molar-refractivity contribution >= 4 is 28.0 Å². The molecule has 0 saturated carbocycles. The zero-order valence-electron chi connectivity index (χ0n) is 20.9. The minimum atomic E-state index is -0.181. The van der Waals surface area contributed by atoms with Gasteiger partial charge >= 0.3 is 6.03 Å². The lowest BCUT2D eigenvalue weighted by atomic mass is 10.1. The molecule has 1 N–H and O–H groups in total. The van der Waals surface area contributed by atoms with Crippen LogP contribution in [0.5, 0.6) is 11.5 Å². The average molecular weight is 517 g/mol. The number of urea groups is 1. The highest BCUT2D eigenvalue weighted by Crippen LogP contribution is 2.34. The van der Waals surface area contributed by atoms with Crippen molar-refractivity contribution in [3.63, 3.8) is 0 Å². The Morgan fingerprint density at radius 1 is 1.14 bits per heavy atom. The van der Waals surface area contributed by atoms with Crippen molar-refractivity contribution < 1.29 is 18.7 Å². The van der Waals surface area contributed by atoms with E-state index in [0.29, 0.717) is 19.5 Å². The topological polar surface area (TPSA) is 81.2 Å². The van der Waals surface area contributed by atoms with Gasteiger partial charge in [-0.2, -0.15) is 0 Å². The van der Waals surface area contributed by atoms with E-state index in [1.54, 1.807) is 36.7 Å². The number of ether oxygens (including phenoxy) is 2. The fourth-order valence-electron chi connectivity index (χ4n) is 4.09. The minimum absolute atomic E-state index is 0.181. The number of aromatic nitrogens is 2. The second-order valence-electron chi connectivity index (χ2n) is 8.62. The van der Waals surface area contributed by atoms with Crippen molar-refractivity contribution in [1.29, 1.82) is 0 Å². The number of carbonyl (C=O) groups is 1. The Balaban J connectivity index is 1.36. The number of benzene rings is 2. The van der Waals surface area contributed by atoms with E-state index in [4.69, 9.17) is 18.9 Å². The smallest absolute Gasteiger partial charge is 0.322 e. The summed E-state index contributed by atoms with van der Waals surface area (Å²) >= 11 is 1.56. The van der Waals surface area contributed by atoms with Crippen molar-refractivity contribution in [2.24, 2.45) is 0 Å². The summed E-state index contributed by atoms with van der Waals surface area (Å²) < 4.78 is 18.5. The van der Waals surface area contributed by atoms with E-state index in [1.807, 2.05) is 67.7 Å². The molecule has 5 rings (SSSR count). The second-order valence-corrected chi connectivity index (χ2v) is 9.46. The largest absolute Gasteiger partial charge is 0.497 e. The van der Waals surface area contributed by atoms with Gasteiger partial charge in [0.15, 0.2) is 4.96 Å². The van der Waals surface area contributed by atoms with Crippen molar-refractivity contribution in [2.45, 2.75) is 19.9 Å². The van der Waals surface area contributed by atoms with Crippen LogP contribution < -0.4 is 14.8 Å². The summed E-state index contributed by atoms with van der Waals surface area (Å²) in [6.07, 6.45) is 4.27. The van der Waals surface area contributed by atoms with Gasteiger partial charge in [-0.15, -0.1) is 11.3 Å². The van der Waals surface area contributed by atoms with Crippen LogP contribution in [0.3, 0.4) is 0 Å². The molecule has 5 aromatic rings. The quantitative estimate of drug-likeness (QED) is 0.250. The van der Waals surface area contributed by atoms with Gasteiger partial charge in [0.25, 0.3) is 0 Å². The van der Waals surface area contributed by atoms with Gasteiger partial charge < -0.3 is 24.1 Å². The molecular formula is C28H28N4O4S. The van der Waals surface area contributed by atoms with Crippen molar-refractivity contribution in [2.75, 3.05) is 26.1 Å². The number of rotatable bonds is 9. The highest BCUT2D eigenvalue weighted by molar-refractivity contribution is 7.15. The Hall–Kier alpha value is -4.24. The van der Waals surface area contributed by atoms with Crippen LogP contribution in [0.2, 0.25) is 0 Å². The summed E-state index contributed by atoms with van der Waals surface area (Å²) in [4.78, 5) is 20.6. The lowest BCUT2D eigenvalue weighted by molar-refractivity contribution is 0.204. The molecule has 0 fully saturated rings. The third-order valence-electron chi connectivity index (χ3n) is 6.12. The normalized spacial score (nSPS) is 11.0. The van der Waals surface area contributed by atoms with E-state index in [-0.39, 0.29) is 6.03 Å². The first-order chi connectivity index (χ1) is 18.0. The van der Waals surface area contributed by atoms with Crippen LogP contribution in [-0.4, -0.2) is 41.1 Å². The standard InChI is InChI=1S/C28H28N4O4S/c1-19-6-8-20(9-7-19)29-27(33)31(16-23-5-4-14-36-23)13-12-21-18-37-28-30-25(17-32(21)28)24-15-22(34-2)10-11-26(24)35-3/h4-11,14-15,17-18H,12-13,16H2,1-3H3,(H,29,33). The average Bonchev–Trinajstić information content (AvgIpc) is 3.66. The molecule has 2 aromatic carbocycles. The molecule has 9 heteroatoms. The number of hydrogen-bond donors (Lipinski definition) is 1.